The average molecular weight is 274 g/mol. The second kappa shape index (κ2) is 5.69. The number of hydrogen-bond donors (Lipinski definition) is 1. The molecule has 2 aromatic carbocycles. The molecule has 104 valence electrons. The first-order valence-corrected chi connectivity index (χ1v) is 6.21. The Labute approximate surface area is 116 Å². The molecular formula is C15H15FN2O2. The molecule has 2 rings (SSSR count). The normalized spacial score (nSPS) is 10.3. The first-order valence-electron chi connectivity index (χ1n) is 6.21. The van der Waals surface area contributed by atoms with Crippen molar-refractivity contribution in [2.24, 2.45) is 0 Å². The van der Waals surface area contributed by atoms with E-state index in [1.54, 1.807) is 6.92 Å². The van der Waals surface area contributed by atoms with Crippen LogP contribution in [0.1, 0.15) is 16.7 Å². The number of nitro groups is 1. The molecule has 5 heteroatoms. The molecule has 2 aromatic rings. The fraction of sp³-hybridized carbons (Fsp3) is 0.200. The first kappa shape index (κ1) is 14.0. The lowest BCUT2D eigenvalue weighted by Crippen LogP contribution is -2.04. The maximum absolute atomic E-state index is 13.4. The van der Waals surface area contributed by atoms with E-state index >= 15 is 0 Å². The molecule has 0 aromatic heterocycles. The number of rotatable bonds is 4. The van der Waals surface area contributed by atoms with Crippen LogP contribution in [-0.4, -0.2) is 4.92 Å². The van der Waals surface area contributed by atoms with Crippen LogP contribution in [0.5, 0.6) is 0 Å². The van der Waals surface area contributed by atoms with Crippen molar-refractivity contribution in [3.8, 4) is 0 Å². The Morgan fingerprint density at radius 2 is 2.00 bits per heavy atom. The van der Waals surface area contributed by atoms with Gasteiger partial charge in [-0.3, -0.25) is 10.1 Å². The lowest BCUT2D eigenvalue weighted by molar-refractivity contribution is -0.384. The van der Waals surface area contributed by atoms with Gasteiger partial charge in [0.1, 0.15) is 11.5 Å². The van der Waals surface area contributed by atoms with Gasteiger partial charge in [0.25, 0.3) is 5.69 Å². The fourth-order valence-corrected chi connectivity index (χ4v) is 1.98. The van der Waals surface area contributed by atoms with Gasteiger partial charge in [0.2, 0.25) is 0 Å². The van der Waals surface area contributed by atoms with Crippen LogP contribution >= 0.6 is 0 Å². The second-order valence-electron chi connectivity index (χ2n) is 4.72. The predicted molar refractivity (Wildman–Crippen MR) is 76.3 cm³/mol. The predicted octanol–water partition coefficient (Wildman–Crippen LogP) is 3.96. The van der Waals surface area contributed by atoms with Crippen LogP contribution in [0.2, 0.25) is 0 Å². The van der Waals surface area contributed by atoms with Gasteiger partial charge in [-0.25, -0.2) is 4.39 Å². The molecule has 1 N–H and O–H groups in total. The van der Waals surface area contributed by atoms with Crippen LogP contribution < -0.4 is 5.32 Å². The molecule has 0 saturated carbocycles. The van der Waals surface area contributed by atoms with Crippen molar-refractivity contribution in [3.05, 3.63) is 69.0 Å². The Morgan fingerprint density at radius 1 is 1.25 bits per heavy atom. The summed E-state index contributed by atoms with van der Waals surface area (Å²) in [6, 6.07) is 10.2. The summed E-state index contributed by atoms with van der Waals surface area (Å²) in [5, 5.41) is 13.9. The molecule has 20 heavy (non-hydrogen) atoms. The molecule has 0 heterocycles. The number of nitrogens with zero attached hydrogens (tertiary/aromatic N) is 1. The molecular weight excluding hydrogens is 259 g/mol. The first-order chi connectivity index (χ1) is 9.47. The zero-order valence-corrected chi connectivity index (χ0v) is 11.3. The molecule has 0 fully saturated rings. The monoisotopic (exact) mass is 274 g/mol. The van der Waals surface area contributed by atoms with E-state index < -0.39 is 10.7 Å². The number of hydrogen-bond acceptors (Lipinski definition) is 3. The van der Waals surface area contributed by atoms with Gasteiger partial charge in [-0.05, 0) is 31.0 Å². The summed E-state index contributed by atoms with van der Waals surface area (Å²) in [5.41, 5.74) is 2.59. The Kier molecular flexibility index (Phi) is 3.98. The summed E-state index contributed by atoms with van der Waals surface area (Å²) in [5.74, 6) is -0.571. The van der Waals surface area contributed by atoms with Crippen molar-refractivity contribution in [1.29, 1.82) is 0 Å². The molecule has 0 aliphatic rings. The quantitative estimate of drug-likeness (QED) is 0.678. The van der Waals surface area contributed by atoms with Crippen molar-refractivity contribution in [2.45, 2.75) is 20.4 Å². The molecule has 0 aliphatic carbocycles. The van der Waals surface area contributed by atoms with E-state index in [-0.39, 0.29) is 5.69 Å². The third-order valence-electron chi connectivity index (χ3n) is 3.04. The number of anilines is 1. The number of halogens is 1. The van der Waals surface area contributed by atoms with E-state index in [1.807, 2.05) is 31.2 Å². The van der Waals surface area contributed by atoms with Gasteiger partial charge in [-0.2, -0.15) is 0 Å². The lowest BCUT2D eigenvalue weighted by Gasteiger charge is -2.09. The van der Waals surface area contributed by atoms with E-state index in [0.717, 1.165) is 17.2 Å². The van der Waals surface area contributed by atoms with Crippen molar-refractivity contribution in [3.63, 3.8) is 0 Å². The van der Waals surface area contributed by atoms with E-state index in [2.05, 4.69) is 5.32 Å². The van der Waals surface area contributed by atoms with Gasteiger partial charge >= 0.3 is 0 Å². The van der Waals surface area contributed by atoms with Crippen molar-refractivity contribution < 1.29 is 9.31 Å². The van der Waals surface area contributed by atoms with Crippen molar-refractivity contribution in [2.75, 3.05) is 5.32 Å². The molecule has 0 unspecified atom stereocenters. The van der Waals surface area contributed by atoms with Crippen LogP contribution in [0.25, 0.3) is 0 Å². The molecule has 0 radical (unpaired) electrons. The Balaban J connectivity index is 2.24. The van der Waals surface area contributed by atoms with Gasteiger partial charge in [0, 0.05) is 6.54 Å². The highest BCUT2D eigenvalue weighted by atomic mass is 19.1. The smallest absolute Gasteiger partial charge is 0.295 e. The maximum atomic E-state index is 13.4. The van der Waals surface area contributed by atoms with Crippen molar-refractivity contribution >= 4 is 11.4 Å². The summed E-state index contributed by atoms with van der Waals surface area (Å²) in [6.45, 7) is 4.01. The standard InChI is InChI=1S/C15H15FN2O2/c1-10-4-3-5-12(6-10)9-17-14-7-11(2)13(16)8-15(14)18(19)20/h3-8,17H,9H2,1-2H3. The van der Waals surface area contributed by atoms with Crippen LogP contribution in [0.4, 0.5) is 15.8 Å². The van der Waals surface area contributed by atoms with Crippen LogP contribution in [-0.2, 0) is 6.54 Å². The Morgan fingerprint density at radius 3 is 2.65 bits per heavy atom. The van der Waals surface area contributed by atoms with E-state index in [1.165, 1.54) is 6.07 Å². The van der Waals surface area contributed by atoms with Gasteiger partial charge in [-0.15, -0.1) is 0 Å². The minimum atomic E-state index is -0.582. The summed E-state index contributed by atoms with van der Waals surface area (Å²) in [6.07, 6.45) is 0. The number of benzene rings is 2. The highest BCUT2D eigenvalue weighted by Gasteiger charge is 2.16. The van der Waals surface area contributed by atoms with Crippen LogP contribution in [0.3, 0.4) is 0 Å². The topological polar surface area (TPSA) is 55.2 Å². The third-order valence-corrected chi connectivity index (χ3v) is 3.04. The maximum Gasteiger partial charge on any atom is 0.295 e. The average Bonchev–Trinajstić information content (AvgIpc) is 2.39. The third kappa shape index (κ3) is 3.12. The zero-order chi connectivity index (χ0) is 14.7. The molecule has 0 amide bonds. The number of aryl methyl sites for hydroxylation is 2. The molecule has 0 atom stereocenters. The van der Waals surface area contributed by atoms with Crippen LogP contribution in [0, 0.1) is 29.8 Å². The summed E-state index contributed by atoms with van der Waals surface area (Å²) in [4.78, 5) is 10.4. The van der Waals surface area contributed by atoms with Gasteiger partial charge < -0.3 is 5.32 Å². The van der Waals surface area contributed by atoms with E-state index in [9.17, 15) is 14.5 Å². The Bertz CT molecular complexity index is 656. The summed E-state index contributed by atoms with van der Waals surface area (Å²) < 4.78 is 13.4. The minimum Gasteiger partial charge on any atom is -0.375 e. The van der Waals surface area contributed by atoms with Gasteiger partial charge in [0.05, 0.1) is 11.0 Å². The Hall–Kier alpha value is -2.43. The number of nitrogens with one attached hydrogen (secondary N) is 1. The van der Waals surface area contributed by atoms with E-state index in [4.69, 9.17) is 0 Å². The van der Waals surface area contributed by atoms with Crippen LogP contribution in [0.15, 0.2) is 36.4 Å². The van der Waals surface area contributed by atoms with Gasteiger partial charge in [-0.1, -0.05) is 29.8 Å². The molecule has 0 bridgehead atoms. The van der Waals surface area contributed by atoms with Gasteiger partial charge in [0.15, 0.2) is 0 Å². The molecule has 0 saturated heterocycles. The van der Waals surface area contributed by atoms with Crippen molar-refractivity contribution in [1.82, 2.24) is 0 Å². The van der Waals surface area contributed by atoms with E-state index in [0.29, 0.717) is 17.8 Å². The number of nitro benzene ring substituents is 1. The fourth-order valence-electron chi connectivity index (χ4n) is 1.98. The molecule has 0 spiro atoms. The highest BCUT2D eigenvalue weighted by Crippen LogP contribution is 2.27. The molecule has 0 aliphatic heterocycles. The second-order valence-corrected chi connectivity index (χ2v) is 4.72. The highest BCUT2D eigenvalue weighted by molar-refractivity contribution is 5.63. The largest absolute Gasteiger partial charge is 0.375 e. The molecule has 4 nitrogen and oxygen atoms in total. The minimum absolute atomic E-state index is 0.249. The summed E-state index contributed by atoms with van der Waals surface area (Å²) >= 11 is 0. The lowest BCUT2D eigenvalue weighted by atomic mass is 10.1. The SMILES string of the molecule is Cc1cccc(CNc2cc(C)c(F)cc2[N+](=O)[O-])c1. The summed E-state index contributed by atoms with van der Waals surface area (Å²) in [7, 11) is 0. The zero-order valence-electron chi connectivity index (χ0n) is 11.3.